The van der Waals surface area contributed by atoms with Crippen molar-refractivity contribution in [3.8, 4) is 11.5 Å². The van der Waals surface area contributed by atoms with Crippen LogP contribution in [0.25, 0.3) is 0 Å². The maximum absolute atomic E-state index is 13.8. The number of nitrogens with zero attached hydrogens (tertiary/aromatic N) is 2. The van der Waals surface area contributed by atoms with Crippen molar-refractivity contribution in [3.63, 3.8) is 0 Å². The molecule has 2 amide bonds. The lowest BCUT2D eigenvalue weighted by Crippen LogP contribution is -2.37. The fourth-order valence-corrected chi connectivity index (χ4v) is 4.92. The largest absolute Gasteiger partial charge is 0.490 e. The van der Waals surface area contributed by atoms with E-state index < -0.39 is 18.1 Å². The van der Waals surface area contributed by atoms with Gasteiger partial charge in [0.25, 0.3) is 5.91 Å². The molecule has 0 spiro atoms. The summed E-state index contributed by atoms with van der Waals surface area (Å²) in [7, 11) is 0. The van der Waals surface area contributed by atoms with Crippen LogP contribution in [-0.2, 0) is 14.4 Å². The van der Waals surface area contributed by atoms with Crippen LogP contribution in [0.1, 0.15) is 43.9 Å². The number of fused-ring (bicyclic) bond motifs is 1. The van der Waals surface area contributed by atoms with Crippen LogP contribution in [0.5, 0.6) is 11.5 Å². The van der Waals surface area contributed by atoms with Crippen LogP contribution >= 0.6 is 0 Å². The predicted octanol–water partition coefficient (Wildman–Crippen LogP) is 5.62. The molecule has 0 bridgehead atoms. The molecule has 0 unspecified atom stereocenters. The van der Waals surface area contributed by atoms with Gasteiger partial charge in [-0.15, -0.1) is 0 Å². The Labute approximate surface area is 217 Å². The number of amides is 2. The van der Waals surface area contributed by atoms with Gasteiger partial charge in [-0.2, -0.15) is 0 Å². The van der Waals surface area contributed by atoms with Crippen LogP contribution < -0.4 is 19.4 Å². The number of carbonyl (C=O) groups is 2. The fourth-order valence-electron chi connectivity index (χ4n) is 4.92. The second kappa shape index (κ2) is 10.6. The first-order valence-electron chi connectivity index (χ1n) is 12.9. The van der Waals surface area contributed by atoms with Crippen LogP contribution in [0, 0.1) is 12.8 Å². The SMILES string of the molecule is CCCCOc1ccc([C@H]2[C@H]3C(=O)N(c4ccc(C)cc4)C(=O)[C@@H]3ON2c2ccccc2)cc1OCC. The number of hydroxylamine groups is 1. The number of para-hydroxylation sites is 1. The molecule has 2 saturated heterocycles. The third-order valence-electron chi connectivity index (χ3n) is 6.78. The number of imide groups is 1. The first-order valence-corrected chi connectivity index (χ1v) is 12.9. The van der Waals surface area contributed by atoms with Crippen molar-refractivity contribution < 1.29 is 23.9 Å². The molecule has 7 nitrogen and oxygen atoms in total. The molecule has 0 saturated carbocycles. The van der Waals surface area contributed by atoms with Crippen molar-refractivity contribution >= 4 is 23.2 Å². The van der Waals surface area contributed by atoms with Gasteiger partial charge in [0.2, 0.25) is 5.91 Å². The highest BCUT2D eigenvalue weighted by Crippen LogP contribution is 2.48. The zero-order valence-electron chi connectivity index (χ0n) is 21.4. The molecule has 3 aromatic rings. The molecule has 0 N–H and O–H groups in total. The summed E-state index contributed by atoms with van der Waals surface area (Å²) in [4.78, 5) is 34.9. The minimum Gasteiger partial charge on any atom is -0.490 e. The molecule has 37 heavy (non-hydrogen) atoms. The minimum absolute atomic E-state index is 0.275. The average molecular weight is 501 g/mol. The molecule has 2 aliphatic rings. The molecule has 2 fully saturated rings. The quantitative estimate of drug-likeness (QED) is 0.280. The lowest BCUT2D eigenvalue weighted by molar-refractivity contribution is -0.126. The van der Waals surface area contributed by atoms with Gasteiger partial charge >= 0.3 is 0 Å². The highest BCUT2D eigenvalue weighted by molar-refractivity contribution is 6.23. The Morgan fingerprint density at radius 2 is 1.59 bits per heavy atom. The molecule has 0 aliphatic carbocycles. The summed E-state index contributed by atoms with van der Waals surface area (Å²) < 4.78 is 11.9. The number of hydrogen-bond acceptors (Lipinski definition) is 6. The van der Waals surface area contributed by atoms with Gasteiger partial charge < -0.3 is 9.47 Å². The topological polar surface area (TPSA) is 68.3 Å². The standard InChI is InChI=1S/C30H32N2O5/c1-4-6-18-36-24-17-14-21(19-25(24)35-5-2)27-26-28(37-32(27)23-10-8-7-9-11-23)30(34)31(29(26)33)22-15-12-20(3)13-16-22/h7-17,19,26-28H,4-6,18H2,1-3H3/t26-,27+,28-/m1/s1. The van der Waals surface area contributed by atoms with E-state index in [1.165, 1.54) is 4.90 Å². The summed E-state index contributed by atoms with van der Waals surface area (Å²) in [5.74, 6) is -0.0682. The summed E-state index contributed by atoms with van der Waals surface area (Å²) in [6.07, 6.45) is 1.06. The Morgan fingerprint density at radius 3 is 2.30 bits per heavy atom. The Hall–Kier alpha value is -3.84. The van der Waals surface area contributed by atoms with E-state index in [-0.39, 0.29) is 11.8 Å². The van der Waals surface area contributed by atoms with Gasteiger partial charge in [0.15, 0.2) is 17.6 Å². The molecule has 0 aromatic heterocycles. The van der Waals surface area contributed by atoms with E-state index >= 15 is 0 Å². The Balaban J connectivity index is 1.55. The fraction of sp³-hybridized carbons (Fsp3) is 0.333. The zero-order chi connectivity index (χ0) is 25.9. The number of unbranched alkanes of at least 4 members (excludes halogenated alkanes) is 1. The van der Waals surface area contributed by atoms with E-state index in [9.17, 15) is 9.59 Å². The van der Waals surface area contributed by atoms with Crippen LogP contribution in [0.4, 0.5) is 11.4 Å². The maximum atomic E-state index is 13.8. The van der Waals surface area contributed by atoms with Crippen molar-refractivity contribution in [2.75, 3.05) is 23.2 Å². The number of carbonyl (C=O) groups excluding carboxylic acids is 2. The molecular weight excluding hydrogens is 468 g/mol. The molecule has 7 heteroatoms. The summed E-state index contributed by atoms with van der Waals surface area (Å²) >= 11 is 0. The van der Waals surface area contributed by atoms with Crippen LogP contribution in [0.3, 0.4) is 0 Å². The number of benzene rings is 3. The number of anilines is 2. The normalized spacial score (nSPS) is 20.9. The van der Waals surface area contributed by atoms with Gasteiger partial charge in [-0.25, -0.2) is 9.96 Å². The molecule has 5 rings (SSSR count). The van der Waals surface area contributed by atoms with Gasteiger partial charge in [-0.05, 0) is 62.2 Å². The van der Waals surface area contributed by atoms with Crippen LogP contribution in [-0.4, -0.2) is 31.1 Å². The molecule has 192 valence electrons. The van der Waals surface area contributed by atoms with E-state index in [1.807, 2.05) is 74.5 Å². The van der Waals surface area contributed by atoms with Crippen LogP contribution in [0.2, 0.25) is 0 Å². The van der Waals surface area contributed by atoms with Crippen molar-refractivity contribution in [1.82, 2.24) is 0 Å². The first-order chi connectivity index (χ1) is 18.0. The molecular formula is C30H32N2O5. The lowest BCUT2D eigenvalue weighted by atomic mass is 9.90. The number of hydrogen-bond donors (Lipinski definition) is 0. The van der Waals surface area contributed by atoms with Gasteiger partial charge in [0.1, 0.15) is 5.92 Å². The zero-order valence-corrected chi connectivity index (χ0v) is 21.4. The van der Waals surface area contributed by atoms with Crippen molar-refractivity contribution in [2.45, 2.75) is 45.8 Å². The minimum atomic E-state index is -0.921. The van der Waals surface area contributed by atoms with Gasteiger partial charge in [0, 0.05) is 0 Å². The number of ether oxygens (including phenoxy) is 2. The summed E-state index contributed by atoms with van der Waals surface area (Å²) in [6, 6.07) is 22.1. The Bertz CT molecular complexity index is 1260. The van der Waals surface area contributed by atoms with Crippen LogP contribution in [0.15, 0.2) is 72.8 Å². The Kier molecular flexibility index (Phi) is 7.15. The van der Waals surface area contributed by atoms with E-state index in [2.05, 4.69) is 6.92 Å². The highest BCUT2D eigenvalue weighted by atomic mass is 16.7. The molecule has 2 aliphatic heterocycles. The Morgan fingerprint density at radius 1 is 0.838 bits per heavy atom. The van der Waals surface area contributed by atoms with Gasteiger partial charge in [0.05, 0.1) is 30.6 Å². The van der Waals surface area contributed by atoms with E-state index in [1.54, 1.807) is 17.2 Å². The second-order valence-electron chi connectivity index (χ2n) is 9.35. The molecule has 0 radical (unpaired) electrons. The van der Waals surface area contributed by atoms with Crippen molar-refractivity contribution in [2.24, 2.45) is 5.92 Å². The van der Waals surface area contributed by atoms with E-state index in [0.29, 0.717) is 30.4 Å². The van der Waals surface area contributed by atoms with E-state index in [0.717, 1.165) is 29.7 Å². The molecule has 2 heterocycles. The molecule has 3 aromatic carbocycles. The smallest absolute Gasteiger partial charge is 0.266 e. The predicted molar refractivity (Wildman–Crippen MR) is 142 cm³/mol. The molecule has 3 atom stereocenters. The third kappa shape index (κ3) is 4.67. The van der Waals surface area contributed by atoms with Crippen molar-refractivity contribution in [3.05, 3.63) is 83.9 Å². The number of rotatable bonds is 9. The van der Waals surface area contributed by atoms with Gasteiger partial charge in [-0.3, -0.25) is 14.4 Å². The summed E-state index contributed by atoms with van der Waals surface area (Å²) in [6.45, 7) is 7.08. The number of aryl methyl sites for hydroxylation is 1. The van der Waals surface area contributed by atoms with Crippen molar-refractivity contribution in [1.29, 1.82) is 0 Å². The van der Waals surface area contributed by atoms with Gasteiger partial charge in [-0.1, -0.05) is 55.3 Å². The third-order valence-corrected chi connectivity index (χ3v) is 6.78. The van der Waals surface area contributed by atoms with E-state index in [4.69, 9.17) is 14.3 Å². The lowest BCUT2D eigenvalue weighted by Gasteiger charge is -2.29. The maximum Gasteiger partial charge on any atom is 0.266 e. The second-order valence-corrected chi connectivity index (χ2v) is 9.35. The first kappa shape index (κ1) is 24.8. The summed E-state index contributed by atoms with van der Waals surface area (Å²) in [5, 5.41) is 1.69. The summed E-state index contributed by atoms with van der Waals surface area (Å²) in [5.41, 5.74) is 3.19. The highest BCUT2D eigenvalue weighted by Gasteiger charge is 2.60. The average Bonchev–Trinajstić information content (AvgIpc) is 3.42. The monoisotopic (exact) mass is 500 g/mol.